The third-order valence-electron chi connectivity index (χ3n) is 4.35. The van der Waals surface area contributed by atoms with E-state index in [4.69, 9.17) is 0 Å². The zero-order valence-electron chi connectivity index (χ0n) is 13.3. The van der Waals surface area contributed by atoms with Crippen molar-refractivity contribution in [3.8, 4) is 0 Å². The molecule has 3 rings (SSSR count). The van der Waals surface area contributed by atoms with Crippen molar-refractivity contribution in [1.29, 1.82) is 0 Å². The quantitative estimate of drug-likeness (QED) is 0.867. The lowest BCUT2D eigenvalue weighted by molar-refractivity contribution is -0.132. The van der Waals surface area contributed by atoms with Crippen LogP contribution in [0.3, 0.4) is 0 Å². The van der Waals surface area contributed by atoms with E-state index in [1.54, 1.807) is 11.3 Å². The Kier molecular flexibility index (Phi) is 4.62. The van der Waals surface area contributed by atoms with Gasteiger partial charge in [-0.1, -0.05) is 0 Å². The Morgan fingerprint density at radius 1 is 1.45 bits per heavy atom. The predicted octanol–water partition coefficient (Wildman–Crippen LogP) is 3.36. The number of thiophene rings is 1. The van der Waals surface area contributed by atoms with Gasteiger partial charge in [0.05, 0.1) is 11.7 Å². The van der Waals surface area contributed by atoms with E-state index in [1.165, 1.54) is 11.3 Å². The maximum Gasteiger partial charge on any atom is 0.222 e. The molecule has 0 N–H and O–H groups in total. The van der Waals surface area contributed by atoms with Crippen LogP contribution in [0.5, 0.6) is 0 Å². The summed E-state index contributed by atoms with van der Waals surface area (Å²) >= 11 is 1.69. The van der Waals surface area contributed by atoms with E-state index in [1.807, 2.05) is 11.8 Å². The number of amides is 1. The molecule has 1 aliphatic heterocycles. The van der Waals surface area contributed by atoms with Crippen molar-refractivity contribution >= 4 is 17.2 Å². The zero-order valence-corrected chi connectivity index (χ0v) is 14.1. The van der Waals surface area contributed by atoms with Crippen LogP contribution in [0.2, 0.25) is 0 Å². The first-order chi connectivity index (χ1) is 10.6. The van der Waals surface area contributed by atoms with E-state index in [2.05, 4.69) is 39.6 Å². The summed E-state index contributed by atoms with van der Waals surface area (Å²) in [6.07, 6.45) is 3.63. The van der Waals surface area contributed by atoms with Crippen LogP contribution < -0.4 is 0 Å². The van der Waals surface area contributed by atoms with E-state index >= 15 is 0 Å². The lowest BCUT2D eigenvalue weighted by Gasteiger charge is -2.33. The molecule has 1 fully saturated rings. The number of aromatic nitrogens is 2. The first-order valence-corrected chi connectivity index (χ1v) is 8.89. The van der Waals surface area contributed by atoms with Crippen LogP contribution in [0.4, 0.5) is 0 Å². The van der Waals surface area contributed by atoms with Gasteiger partial charge in [0.2, 0.25) is 5.91 Å². The minimum Gasteiger partial charge on any atom is -0.341 e. The number of carbonyl (C=O) groups excluding carboxylic acids is 1. The fourth-order valence-electron chi connectivity index (χ4n) is 3.24. The SMILES string of the molecule is Cc1cc(C)n(C2CCCN(C(=O)CCc3ccsc3)C2)n1. The molecule has 118 valence electrons. The summed E-state index contributed by atoms with van der Waals surface area (Å²) < 4.78 is 2.10. The zero-order chi connectivity index (χ0) is 15.5. The Morgan fingerprint density at radius 3 is 3.00 bits per heavy atom. The Balaban J connectivity index is 1.60. The van der Waals surface area contributed by atoms with Crippen LogP contribution in [-0.2, 0) is 11.2 Å². The van der Waals surface area contributed by atoms with Gasteiger partial charge in [-0.15, -0.1) is 0 Å². The Morgan fingerprint density at radius 2 is 2.32 bits per heavy atom. The van der Waals surface area contributed by atoms with Gasteiger partial charge in [-0.3, -0.25) is 9.48 Å². The van der Waals surface area contributed by atoms with Crippen LogP contribution in [0.1, 0.15) is 42.3 Å². The monoisotopic (exact) mass is 317 g/mol. The molecule has 1 saturated heterocycles. The van der Waals surface area contributed by atoms with Crippen molar-refractivity contribution in [3.63, 3.8) is 0 Å². The first-order valence-electron chi connectivity index (χ1n) is 7.95. The highest BCUT2D eigenvalue weighted by Gasteiger charge is 2.25. The van der Waals surface area contributed by atoms with Crippen molar-refractivity contribution in [2.75, 3.05) is 13.1 Å². The molecule has 0 spiro atoms. The van der Waals surface area contributed by atoms with E-state index in [0.29, 0.717) is 12.5 Å². The molecule has 2 aromatic rings. The summed E-state index contributed by atoms with van der Waals surface area (Å²) in [6, 6.07) is 4.54. The second-order valence-electron chi connectivity index (χ2n) is 6.14. The second-order valence-corrected chi connectivity index (χ2v) is 6.92. The summed E-state index contributed by atoms with van der Waals surface area (Å²) in [5, 5.41) is 8.79. The Bertz CT molecular complexity index is 632. The number of aryl methyl sites for hydroxylation is 3. The molecule has 1 unspecified atom stereocenters. The van der Waals surface area contributed by atoms with Crippen LogP contribution in [0.15, 0.2) is 22.9 Å². The lowest BCUT2D eigenvalue weighted by atomic mass is 10.0. The van der Waals surface area contributed by atoms with Crippen LogP contribution >= 0.6 is 11.3 Å². The number of carbonyl (C=O) groups is 1. The molecule has 0 aromatic carbocycles. The molecule has 0 aliphatic carbocycles. The second kappa shape index (κ2) is 6.65. The molecule has 3 heterocycles. The van der Waals surface area contributed by atoms with Gasteiger partial charge in [0.15, 0.2) is 0 Å². The molecular formula is C17H23N3OS. The van der Waals surface area contributed by atoms with Crippen LogP contribution in [-0.4, -0.2) is 33.7 Å². The molecule has 2 aromatic heterocycles. The van der Waals surface area contributed by atoms with Crippen molar-refractivity contribution in [2.45, 2.75) is 45.6 Å². The summed E-state index contributed by atoms with van der Waals surface area (Å²) in [6.45, 7) is 5.80. The van der Waals surface area contributed by atoms with Gasteiger partial charge < -0.3 is 4.90 Å². The average molecular weight is 317 g/mol. The predicted molar refractivity (Wildman–Crippen MR) is 89.2 cm³/mol. The number of likely N-dealkylation sites (tertiary alicyclic amines) is 1. The molecule has 1 aliphatic rings. The highest BCUT2D eigenvalue weighted by Crippen LogP contribution is 2.23. The van der Waals surface area contributed by atoms with Gasteiger partial charge in [-0.05, 0) is 61.6 Å². The van der Waals surface area contributed by atoms with E-state index in [9.17, 15) is 4.79 Å². The van der Waals surface area contributed by atoms with Gasteiger partial charge in [0.1, 0.15) is 0 Å². The molecular weight excluding hydrogens is 294 g/mol. The summed E-state index contributed by atoms with van der Waals surface area (Å²) in [5.41, 5.74) is 3.51. The molecule has 0 bridgehead atoms. The highest BCUT2D eigenvalue weighted by molar-refractivity contribution is 7.07. The van der Waals surface area contributed by atoms with Gasteiger partial charge in [-0.25, -0.2) is 0 Å². The summed E-state index contributed by atoms with van der Waals surface area (Å²) in [5.74, 6) is 0.275. The molecule has 4 nitrogen and oxygen atoms in total. The van der Waals surface area contributed by atoms with Crippen molar-refractivity contribution < 1.29 is 4.79 Å². The van der Waals surface area contributed by atoms with Gasteiger partial charge in [0, 0.05) is 25.2 Å². The number of nitrogens with zero attached hydrogens (tertiary/aromatic N) is 3. The molecule has 22 heavy (non-hydrogen) atoms. The third kappa shape index (κ3) is 3.40. The van der Waals surface area contributed by atoms with E-state index in [-0.39, 0.29) is 5.91 Å². The Hall–Kier alpha value is -1.62. The fourth-order valence-corrected chi connectivity index (χ4v) is 3.94. The van der Waals surface area contributed by atoms with E-state index < -0.39 is 0 Å². The van der Waals surface area contributed by atoms with Gasteiger partial charge in [0.25, 0.3) is 0 Å². The largest absolute Gasteiger partial charge is 0.341 e. The maximum atomic E-state index is 12.5. The van der Waals surface area contributed by atoms with Crippen molar-refractivity contribution in [2.24, 2.45) is 0 Å². The average Bonchev–Trinajstić information content (AvgIpc) is 3.14. The molecule has 1 amide bonds. The fraction of sp³-hybridized carbons (Fsp3) is 0.529. The topological polar surface area (TPSA) is 38.1 Å². The van der Waals surface area contributed by atoms with Crippen molar-refractivity contribution in [1.82, 2.24) is 14.7 Å². The number of piperidine rings is 1. The number of rotatable bonds is 4. The number of hydrogen-bond donors (Lipinski definition) is 0. The summed E-state index contributed by atoms with van der Waals surface area (Å²) in [7, 11) is 0. The van der Waals surface area contributed by atoms with Crippen LogP contribution in [0.25, 0.3) is 0 Å². The van der Waals surface area contributed by atoms with Gasteiger partial charge in [-0.2, -0.15) is 16.4 Å². The number of hydrogen-bond acceptors (Lipinski definition) is 3. The Labute approximate surface area is 135 Å². The molecule has 0 saturated carbocycles. The molecule has 1 atom stereocenters. The molecule has 0 radical (unpaired) electrons. The summed E-state index contributed by atoms with van der Waals surface area (Å²) in [4.78, 5) is 14.5. The third-order valence-corrected chi connectivity index (χ3v) is 5.08. The maximum absolute atomic E-state index is 12.5. The minimum atomic E-state index is 0.275. The van der Waals surface area contributed by atoms with Gasteiger partial charge >= 0.3 is 0 Å². The van der Waals surface area contributed by atoms with E-state index in [0.717, 1.165) is 38.0 Å². The highest BCUT2D eigenvalue weighted by atomic mass is 32.1. The standard InChI is InChI=1S/C17H23N3OS/c1-13-10-14(2)20(18-13)16-4-3-8-19(11-16)17(21)6-5-15-7-9-22-12-15/h7,9-10,12,16H,3-6,8,11H2,1-2H3. The normalized spacial score (nSPS) is 18.6. The smallest absolute Gasteiger partial charge is 0.222 e. The minimum absolute atomic E-state index is 0.275. The van der Waals surface area contributed by atoms with Crippen LogP contribution in [0, 0.1) is 13.8 Å². The molecule has 5 heteroatoms. The first kappa shape index (κ1) is 15.3. The van der Waals surface area contributed by atoms with Crippen molar-refractivity contribution in [3.05, 3.63) is 39.8 Å². The lowest BCUT2D eigenvalue weighted by Crippen LogP contribution is -2.41.